The SMILES string of the molecule is Cc1ccc(NC(=O)CSc2nc3scc(-c4ccccc4)c3c(=O)n2-c2ccccc2)c(C)c1. The Hall–Kier alpha value is -3.68. The minimum Gasteiger partial charge on any atom is -0.325 e. The molecule has 5 rings (SSSR count). The van der Waals surface area contributed by atoms with Gasteiger partial charge >= 0.3 is 0 Å². The van der Waals surface area contributed by atoms with Crippen molar-refractivity contribution < 1.29 is 4.79 Å². The van der Waals surface area contributed by atoms with Crippen LogP contribution in [0.3, 0.4) is 0 Å². The summed E-state index contributed by atoms with van der Waals surface area (Å²) < 4.78 is 1.61. The molecule has 0 bridgehead atoms. The summed E-state index contributed by atoms with van der Waals surface area (Å²) in [6.45, 7) is 3.99. The van der Waals surface area contributed by atoms with Gasteiger partial charge in [0.2, 0.25) is 5.91 Å². The molecule has 2 aromatic heterocycles. The maximum Gasteiger partial charge on any atom is 0.268 e. The van der Waals surface area contributed by atoms with Crippen molar-refractivity contribution in [2.24, 2.45) is 0 Å². The molecule has 0 aliphatic carbocycles. The van der Waals surface area contributed by atoms with Crippen LogP contribution in [0.25, 0.3) is 27.0 Å². The van der Waals surface area contributed by atoms with E-state index in [4.69, 9.17) is 4.98 Å². The van der Waals surface area contributed by atoms with Crippen molar-refractivity contribution in [2.75, 3.05) is 11.1 Å². The number of para-hydroxylation sites is 1. The lowest BCUT2D eigenvalue weighted by Crippen LogP contribution is -2.22. The van der Waals surface area contributed by atoms with Crippen LogP contribution in [0, 0.1) is 13.8 Å². The van der Waals surface area contributed by atoms with Gasteiger partial charge in [-0.3, -0.25) is 14.2 Å². The predicted molar refractivity (Wildman–Crippen MR) is 146 cm³/mol. The van der Waals surface area contributed by atoms with Crippen LogP contribution in [0.4, 0.5) is 5.69 Å². The van der Waals surface area contributed by atoms with E-state index in [-0.39, 0.29) is 17.2 Å². The largest absolute Gasteiger partial charge is 0.325 e. The third-order valence-electron chi connectivity index (χ3n) is 5.66. The number of carbonyl (C=O) groups excluding carboxylic acids is 1. The molecule has 0 radical (unpaired) electrons. The van der Waals surface area contributed by atoms with E-state index in [2.05, 4.69) is 5.32 Å². The topological polar surface area (TPSA) is 64.0 Å². The number of carbonyl (C=O) groups is 1. The third-order valence-corrected chi connectivity index (χ3v) is 7.48. The Balaban J connectivity index is 1.52. The molecule has 174 valence electrons. The summed E-state index contributed by atoms with van der Waals surface area (Å²) in [5, 5.41) is 6.03. The zero-order valence-electron chi connectivity index (χ0n) is 19.3. The van der Waals surface area contributed by atoms with Gasteiger partial charge in [-0.15, -0.1) is 11.3 Å². The number of benzene rings is 3. The zero-order valence-corrected chi connectivity index (χ0v) is 21.0. The molecule has 0 aliphatic rings. The molecule has 1 amide bonds. The molecule has 1 N–H and O–H groups in total. The average molecular weight is 498 g/mol. The molecule has 3 aromatic carbocycles. The Kier molecular flexibility index (Phi) is 6.53. The molecule has 2 heterocycles. The summed E-state index contributed by atoms with van der Waals surface area (Å²) in [5.74, 6) is -0.0123. The van der Waals surface area contributed by atoms with Gasteiger partial charge in [-0.1, -0.05) is 78.0 Å². The van der Waals surface area contributed by atoms with Gasteiger partial charge in [-0.05, 0) is 43.2 Å². The number of nitrogens with zero attached hydrogens (tertiary/aromatic N) is 2. The molecule has 0 atom stereocenters. The fourth-order valence-corrected chi connectivity index (χ4v) is 5.78. The smallest absolute Gasteiger partial charge is 0.268 e. The number of fused-ring (bicyclic) bond motifs is 1. The van der Waals surface area contributed by atoms with E-state index >= 15 is 0 Å². The number of nitrogens with one attached hydrogen (secondary N) is 1. The minimum atomic E-state index is -0.146. The second kappa shape index (κ2) is 9.90. The minimum absolute atomic E-state index is 0.134. The number of hydrogen-bond acceptors (Lipinski definition) is 5. The van der Waals surface area contributed by atoms with E-state index in [9.17, 15) is 9.59 Å². The summed E-state index contributed by atoms with van der Waals surface area (Å²) in [4.78, 5) is 32.1. The molecule has 5 aromatic rings. The van der Waals surface area contributed by atoms with Gasteiger partial charge in [0.25, 0.3) is 5.56 Å². The van der Waals surface area contributed by atoms with E-state index in [0.29, 0.717) is 15.4 Å². The van der Waals surface area contributed by atoms with E-state index in [0.717, 1.165) is 33.6 Å². The van der Waals surface area contributed by atoms with Gasteiger partial charge in [-0.2, -0.15) is 0 Å². The molecule has 7 heteroatoms. The van der Waals surface area contributed by atoms with Crippen molar-refractivity contribution >= 4 is 44.9 Å². The summed E-state index contributed by atoms with van der Waals surface area (Å²) in [6.07, 6.45) is 0. The molecule has 0 fully saturated rings. The van der Waals surface area contributed by atoms with Gasteiger partial charge in [0, 0.05) is 16.6 Å². The highest BCUT2D eigenvalue weighted by molar-refractivity contribution is 7.99. The molecule has 0 unspecified atom stereocenters. The van der Waals surface area contributed by atoms with Crippen molar-refractivity contribution in [3.63, 3.8) is 0 Å². The fourth-order valence-electron chi connectivity index (χ4n) is 3.97. The maximum absolute atomic E-state index is 13.8. The van der Waals surface area contributed by atoms with Crippen molar-refractivity contribution in [1.29, 1.82) is 0 Å². The van der Waals surface area contributed by atoms with Crippen LogP contribution in [0.1, 0.15) is 11.1 Å². The second-order valence-electron chi connectivity index (χ2n) is 8.22. The van der Waals surface area contributed by atoms with Crippen LogP contribution in [0.2, 0.25) is 0 Å². The van der Waals surface area contributed by atoms with Crippen LogP contribution in [0.15, 0.2) is 94.2 Å². The van der Waals surface area contributed by atoms with Crippen molar-refractivity contribution in [3.05, 3.63) is 106 Å². The van der Waals surface area contributed by atoms with Crippen molar-refractivity contribution in [3.8, 4) is 16.8 Å². The number of hydrogen-bond donors (Lipinski definition) is 1. The second-order valence-corrected chi connectivity index (χ2v) is 10.0. The Morgan fingerprint density at radius 3 is 2.43 bits per heavy atom. The average Bonchev–Trinajstić information content (AvgIpc) is 3.30. The lowest BCUT2D eigenvalue weighted by Gasteiger charge is -2.13. The summed E-state index contributed by atoms with van der Waals surface area (Å²) in [5.41, 5.74) is 5.37. The number of rotatable bonds is 6. The molecular weight excluding hydrogens is 474 g/mol. The molecule has 5 nitrogen and oxygen atoms in total. The first-order valence-electron chi connectivity index (χ1n) is 11.2. The van der Waals surface area contributed by atoms with Gasteiger partial charge in [0.1, 0.15) is 4.83 Å². The third kappa shape index (κ3) is 4.78. The standard InChI is InChI=1S/C28H23N3O2S2/c1-18-13-14-23(19(2)15-18)29-24(32)17-35-28-30-26-25(22(16-34-26)20-9-5-3-6-10-20)27(33)31(28)21-11-7-4-8-12-21/h3-16H,17H2,1-2H3,(H,29,32). The van der Waals surface area contributed by atoms with Gasteiger partial charge in [0.05, 0.1) is 16.8 Å². The molecule has 0 saturated heterocycles. The monoisotopic (exact) mass is 497 g/mol. The van der Waals surface area contributed by atoms with E-state index in [1.54, 1.807) is 4.57 Å². The quantitative estimate of drug-likeness (QED) is 0.216. The Bertz CT molecular complexity index is 1580. The van der Waals surface area contributed by atoms with Crippen LogP contribution in [0.5, 0.6) is 0 Å². The number of thiophene rings is 1. The van der Waals surface area contributed by atoms with E-state index in [1.165, 1.54) is 23.1 Å². The molecule has 0 spiro atoms. The lowest BCUT2D eigenvalue weighted by molar-refractivity contribution is -0.113. The summed E-state index contributed by atoms with van der Waals surface area (Å²) in [7, 11) is 0. The summed E-state index contributed by atoms with van der Waals surface area (Å²) in [6, 6.07) is 25.2. The number of amides is 1. The Morgan fingerprint density at radius 1 is 1.00 bits per heavy atom. The zero-order chi connectivity index (χ0) is 24.4. The highest BCUT2D eigenvalue weighted by Crippen LogP contribution is 2.33. The number of anilines is 1. The highest BCUT2D eigenvalue weighted by atomic mass is 32.2. The fraction of sp³-hybridized carbons (Fsp3) is 0.107. The van der Waals surface area contributed by atoms with Crippen LogP contribution in [-0.2, 0) is 4.79 Å². The van der Waals surface area contributed by atoms with Crippen LogP contribution in [-0.4, -0.2) is 21.2 Å². The first-order chi connectivity index (χ1) is 17.0. The van der Waals surface area contributed by atoms with Crippen LogP contribution >= 0.6 is 23.1 Å². The highest BCUT2D eigenvalue weighted by Gasteiger charge is 2.19. The Labute approximate surface area is 211 Å². The first kappa shape index (κ1) is 23.1. The molecule has 35 heavy (non-hydrogen) atoms. The normalized spacial score (nSPS) is 11.0. The van der Waals surface area contributed by atoms with Gasteiger partial charge in [-0.25, -0.2) is 4.98 Å². The number of aromatic nitrogens is 2. The number of thioether (sulfide) groups is 1. The molecular formula is C28H23N3O2S2. The van der Waals surface area contributed by atoms with Crippen LogP contribution < -0.4 is 10.9 Å². The number of aryl methyl sites for hydroxylation is 2. The summed E-state index contributed by atoms with van der Waals surface area (Å²) >= 11 is 2.70. The maximum atomic E-state index is 13.8. The van der Waals surface area contributed by atoms with Crippen molar-refractivity contribution in [2.45, 2.75) is 19.0 Å². The Morgan fingerprint density at radius 2 is 1.71 bits per heavy atom. The van der Waals surface area contributed by atoms with Crippen molar-refractivity contribution in [1.82, 2.24) is 9.55 Å². The van der Waals surface area contributed by atoms with E-state index < -0.39 is 0 Å². The first-order valence-corrected chi connectivity index (χ1v) is 13.0. The van der Waals surface area contributed by atoms with Gasteiger partial charge in [0.15, 0.2) is 5.16 Å². The molecule has 0 aliphatic heterocycles. The lowest BCUT2D eigenvalue weighted by atomic mass is 10.1. The predicted octanol–water partition coefficient (Wildman–Crippen LogP) is 6.46. The molecule has 0 saturated carbocycles. The van der Waals surface area contributed by atoms with Gasteiger partial charge < -0.3 is 5.32 Å². The van der Waals surface area contributed by atoms with E-state index in [1.807, 2.05) is 98.1 Å².